The van der Waals surface area contributed by atoms with Crippen molar-refractivity contribution < 1.29 is 28.9 Å². The zero-order valence-electron chi connectivity index (χ0n) is 36.0. The first-order valence-corrected chi connectivity index (χ1v) is 23.1. The smallest absolute Gasteiger partial charge is 0.226 e. The van der Waals surface area contributed by atoms with E-state index in [1.807, 2.05) is 0 Å². The summed E-state index contributed by atoms with van der Waals surface area (Å²) < 4.78 is 14.6. The lowest BCUT2D eigenvalue weighted by molar-refractivity contribution is -0.125. The van der Waals surface area contributed by atoms with Crippen molar-refractivity contribution in [3.05, 3.63) is 35.2 Å². The Labute approximate surface area is 355 Å². The number of epoxide rings is 1. The van der Waals surface area contributed by atoms with Crippen LogP contribution in [0, 0.1) is 46.3 Å². The van der Waals surface area contributed by atoms with E-state index in [4.69, 9.17) is 14.2 Å². The third kappa shape index (κ3) is 10.0. The maximum absolute atomic E-state index is 13.0. The molecular weight excluding hydrogens is 761 g/mol. The van der Waals surface area contributed by atoms with E-state index in [2.05, 4.69) is 40.8 Å². The van der Waals surface area contributed by atoms with Gasteiger partial charge in [-0.3, -0.25) is 14.5 Å². The molecule has 8 bridgehead atoms. The fraction of sp³-hybridized carbons (Fsp3) is 0.783. The molecule has 2 atom stereocenters. The molecule has 1 saturated heterocycles. The summed E-state index contributed by atoms with van der Waals surface area (Å²) in [5.41, 5.74) is 4.67. The SMILES string of the molecule is COCC(O)CN1CCc2c(ncnc2NC(=O)CC23CC4CC(CC(C4)C2)C3)C1.COCC1CO1.O=C(CC12CC3CC(CC(C3)C1)C2)Nc1ncnc2c1CCNC2. The molecule has 0 radical (unpaired) electrons. The first-order chi connectivity index (χ1) is 29.1. The topological polar surface area (TPSA) is 176 Å². The summed E-state index contributed by atoms with van der Waals surface area (Å²) in [7, 11) is 3.28. The number of fused-ring (bicyclic) bond motifs is 2. The Kier molecular flexibility index (Phi) is 12.9. The van der Waals surface area contributed by atoms with Crippen LogP contribution in [0.25, 0.3) is 0 Å². The molecule has 14 nitrogen and oxygen atoms in total. The Bertz CT molecular complexity index is 1770. The second-order valence-corrected chi connectivity index (χ2v) is 20.5. The van der Waals surface area contributed by atoms with Crippen LogP contribution in [0.3, 0.4) is 0 Å². The number of nitrogens with one attached hydrogen (secondary N) is 3. The van der Waals surface area contributed by atoms with Crippen molar-refractivity contribution in [2.45, 2.75) is 128 Å². The van der Waals surface area contributed by atoms with Gasteiger partial charge in [-0.2, -0.15) is 0 Å². The Morgan fingerprint density at radius 1 is 0.783 bits per heavy atom. The maximum Gasteiger partial charge on any atom is 0.226 e. The van der Waals surface area contributed by atoms with Gasteiger partial charge in [0.25, 0.3) is 0 Å². The molecule has 3 aliphatic heterocycles. The van der Waals surface area contributed by atoms with Gasteiger partial charge in [0.2, 0.25) is 11.8 Å². The van der Waals surface area contributed by atoms with Gasteiger partial charge in [0.15, 0.2) is 0 Å². The molecule has 9 fully saturated rings. The number of ether oxygens (including phenoxy) is 3. The van der Waals surface area contributed by atoms with E-state index in [0.29, 0.717) is 44.5 Å². The number of rotatable bonds is 12. The number of carbonyl (C=O) groups is 2. The van der Waals surface area contributed by atoms with Crippen LogP contribution in [0.15, 0.2) is 12.7 Å². The predicted molar refractivity (Wildman–Crippen MR) is 226 cm³/mol. The number of nitrogens with zero attached hydrogens (tertiary/aromatic N) is 5. The van der Waals surface area contributed by atoms with Gasteiger partial charge in [-0.1, -0.05) is 0 Å². The van der Waals surface area contributed by atoms with E-state index in [1.165, 1.54) is 77.0 Å². The highest BCUT2D eigenvalue weighted by Crippen LogP contribution is 2.62. The van der Waals surface area contributed by atoms with E-state index in [1.54, 1.807) is 26.9 Å². The third-order valence-electron chi connectivity index (χ3n) is 15.5. The van der Waals surface area contributed by atoms with Crippen molar-refractivity contribution in [3.8, 4) is 0 Å². The second kappa shape index (κ2) is 18.3. The molecule has 2 amide bonds. The lowest BCUT2D eigenvalue weighted by atomic mass is 9.49. The minimum absolute atomic E-state index is 0.121. The molecule has 8 saturated carbocycles. The number of methoxy groups -OCH3 is 2. The molecule has 4 N–H and O–H groups in total. The average molecular weight is 829 g/mol. The minimum Gasteiger partial charge on any atom is -0.389 e. The summed E-state index contributed by atoms with van der Waals surface area (Å²) in [6.07, 6.45) is 22.1. The first kappa shape index (κ1) is 42.2. The van der Waals surface area contributed by atoms with Crippen LogP contribution in [0.1, 0.15) is 112 Å². The molecule has 11 aliphatic rings. The average Bonchev–Trinajstić information content (AvgIpc) is 4.02. The van der Waals surface area contributed by atoms with Crippen LogP contribution in [0.4, 0.5) is 11.6 Å². The highest BCUT2D eigenvalue weighted by Gasteiger charge is 2.52. The molecule has 328 valence electrons. The molecule has 0 spiro atoms. The zero-order valence-corrected chi connectivity index (χ0v) is 36.0. The van der Waals surface area contributed by atoms with Crippen molar-refractivity contribution in [3.63, 3.8) is 0 Å². The van der Waals surface area contributed by atoms with Crippen LogP contribution < -0.4 is 16.0 Å². The fourth-order valence-corrected chi connectivity index (χ4v) is 14.0. The van der Waals surface area contributed by atoms with Gasteiger partial charge in [-0.15, -0.1) is 0 Å². The summed E-state index contributed by atoms with van der Waals surface area (Å²) in [5, 5.41) is 19.6. The minimum atomic E-state index is -0.502. The molecule has 13 rings (SSSR count). The molecule has 2 aromatic heterocycles. The van der Waals surface area contributed by atoms with Crippen molar-refractivity contribution in [1.29, 1.82) is 0 Å². The van der Waals surface area contributed by atoms with Crippen LogP contribution in [0.2, 0.25) is 0 Å². The van der Waals surface area contributed by atoms with Crippen LogP contribution >= 0.6 is 0 Å². The standard InChI is InChI=1S/C23H34N4O3.C19H26N4O.C4H8O2/c1-30-13-18(28)11-27-3-2-19-20(12-27)24-14-25-22(19)26-21(29)10-23-7-15-4-16(8-23)6-17(5-15)9-23;24-17(23-18-15-1-2-20-10-16(15)21-11-22-18)9-19-6-12-3-13(7-19)5-14(4-12)8-19;1-5-2-4-3-6-4/h14-18,28H,2-13H2,1H3,(H,24,25,26,29);11-14,20H,1-10H2,(H,21,22,23,24);4H,2-3H2,1H3. The Hall–Kier alpha value is -3.14. The molecule has 8 aliphatic carbocycles. The molecular formula is C46H68N8O6. The Morgan fingerprint density at radius 3 is 1.75 bits per heavy atom. The number of hydrogen-bond acceptors (Lipinski definition) is 12. The summed E-state index contributed by atoms with van der Waals surface area (Å²) in [4.78, 5) is 45.6. The number of carbonyl (C=O) groups excluding carboxylic acids is 2. The van der Waals surface area contributed by atoms with Crippen molar-refractivity contribution in [2.75, 3.05) is 64.3 Å². The lowest BCUT2D eigenvalue weighted by Gasteiger charge is -2.56. The molecule has 2 aromatic rings. The van der Waals surface area contributed by atoms with Crippen molar-refractivity contribution >= 4 is 23.5 Å². The normalized spacial score (nSPS) is 34.3. The van der Waals surface area contributed by atoms with E-state index in [-0.39, 0.29) is 22.6 Å². The lowest BCUT2D eigenvalue weighted by Crippen LogP contribution is -2.47. The van der Waals surface area contributed by atoms with Crippen molar-refractivity contribution in [1.82, 2.24) is 30.2 Å². The van der Waals surface area contributed by atoms with Gasteiger partial charge in [0, 0.05) is 64.4 Å². The Morgan fingerprint density at radius 2 is 1.28 bits per heavy atom. The van der Waals surface area contributed by atoms with Gasteiger partial charge in [-0.05, 0) is 143 Å². The van der Waals surface area contributed by atoms with Crippen LogP contribution in [-0.4, -0.2) is 108 Å². The highest BCUT2D eigenvalue weighted by molar-refractivity contribution is 5.91. The quantitative estimate of drug-likeness (QED) is 0.209. The van der Waals surface area contributed by atoms with Gasteiger partial charge < -0.3 is 35.3 Å². The predicted octanol–water partition coefficient (Wildman–Crippen LogP) is 5.09. The highest BCUT2D eigenvalue weighted by atomic mass is 16.6. The number of β-amino-alcohol motifs (C(OH)–C–C–N with tert-alkyl or cyclic N) is 1. The number of aliphatic hydroxyl groups excluding tert-OH is 1. The van der Waals surface area contributed by atoms with E-state index >= 15 is 0 Å². The van der Waals surface area contributed by atoms with Gasteiger partial charge in [0.05, 0.1) is 37.3 Å². The molecule has 2 unspecified atom stereocenters. The molecule has 14 heteroatoms. The summed E-state index contributed by atoms with van der Waals surface area (Å²) in [5.74, 6) is 6.96. The molecule has 0 aromatic carbocycles. The van der Waals surface area contributed by atoms with E-state index in [9.17, 15) is 14.7 Å². The first-order valence-electron chi connectivity index (χ1n) is 23.1. The van der Waals surface area contributed by atoms with Crippen LogP contribution in [-0.2, 0) is 49.7 Å². The number of anilines is 2. The second-order valence-electron chi connectivity index (χ2n) is 20.5. The molecule has 60 heavy (non-hydrogen) atoms. The summed E-state index contributed by atoms with van der Waals surface area (Å²) in [6.45, 7) is 5.74. The van der Waals surface area contributed by atoms with Crippen LogP contribution in [0.5, 0.6) is 0 Å². The largest absolute Gasteiger partial charge is 0.389 e. The number of amides is 2. The Balaban J connectivity index is 0.000000138. The number of hydrogen-bond donors (Lipinski definition) is 4. The van der Waals surface area contributed by atoms with Gasteiger partial charge in [-0.25, -0.2) is 19.9 Å². The van der Waals surface area contributed by atoms with Crippen molar-refractivity contribution in [2.24, 2.45) is 46.3 Å². The number of aliphatic hydroxyl groups is 1. The number of aromatic nitrogens is 4. The van der Waals surface area contributed by atoms with E-state index < -0.39 is 6.10 Å². The summed E-state index contributed by atoms with van der Waals surface area (Å²) >= 11 is 0. The summed E-state index contributed by atoms with van der Waals surface area (Å²) in [6, 6.07) is 0. The fourth-order valence-electron chi connectivity index (χ4n) is 14.0. The van der Waals surface area contributed by atoms with Gasteiger partial charge >= 0.3 is 0 Å². The van der Waals surface area contributed by atoms with Gasteiger partial charge in [0.1, 0.15) is 30.4 Å². The monoisotopic (exact) mass is 829 g/mol. The zero-order chi connectivity index (χ0) is 41.3. The maximum atomic E-state index is 13.0. The molecule has 5 heterocycles. The third-order valence-corrected chi connectivity index (χ3v) is 15.5. The van der Waals surface area contributed by atoms with E-state index in [0.717, 1.165) is 110 Å².